The first-order valence-electron chi connectivity index (χ1n) is 5.11. The number of hydrogen-bond donors (Lipinski definition) is 0. The molecule has 19 heavy (non-hydrogen) atoms. The summed E-state index contributed by atoms with van der Waals surface area (Å²) in [6, 6.07) is 7.61. The Hall–Kier alpha value is -3.03. The Morgan fingerprint density at radius 3 is 2.11 bits per heavy atom. The van der Waals surface area contributed by atoms with E-state index < -0.39 is 21.1 Å². The van der Waals surface area contributed by atoms with Gasteiger partial charge in [-0.25, -0.2) is 0 Å². The van der Waals surface area contributed by atoms with Gasteiger partial charge in [0.1, 0.15) is 0 Å². The maximum absolute atomic E-state index is 11.8. The van der Waals surface area contributed by atoms with Crippen LogP contribution in [0.5, 0.6) is 0 Å². The summed E-state index contributed by atoms with van der Waals surface area (Å²) in [4.78, 5) is 31.6. The summed E-state index contributed by atoms with van der Waals surface area (Å²) in [5, 5.41) is 21.2. The van der Waals surface area contributed by atoms with Gasteiger partial charge in [-0.1, -0.05) is 0 Å². The molecule has 0 unspecified atom stereocenters. The lowest BCUT2D eigenvalue weighted by Crippen LogP contribution is -2.20. The number of nitrogens with zero attached hydrogens (tertiary/aromatic N) is 3. The fourth-order valence-electron chi connectivity index (χ4n) is 1.56. The van der Waals surface area contributed by atoms with Crippen molar-refractivity contribution in [2.24, 2.45) is 0 Å². The highest BCUT2D eigenvalue weighted by Crippen LogP contribution is 2.14. The molecule has 0 fully saturated rings. The molecule has 2 aromatic rings. The van der Waals surface area contributed by atoms with E-state index in [9.17, 15) is 25.0 Å². The quantitative estimate of drug-likeness (QED) is 0.616. The third-order valence-electron chi connectivity index (χ3n) is 2.46. The lowest BCUT2D eigenvalue weighted by Gasteiger charge is -2.04. The van der Waals surface area contributed by atoms with Gasteiger partial charge in [0.25, 0.3) is 5.69 Å². The third-order valence-corrected chi connectivity index (χ3v) is 2.46. The molecule has 0 aliphatic heterocycles. The molecule has 1 aromatic carbocycles. The molecule has 0 saturated heterocycles. The number of pyridine rings is 1. The molecule has 0 N–H and O–H groups in total. The molecular formula is C11H7N3O5. The molecule has 8 heteroatoms. The standard InChI is InChI=1S/C11H7N3O5/c15-11-10(14(18)19)2-1-7-12(11)8-3-5-9(6-4-8)13(16)17/h1-7H. The van der Waals surface area contributed by atoms with Crippen molar-refractivity contribution < 1.29 is 9.85 Å². The Kier molecular flexibility index (Phi) is 3.06. The van der Waals surface area contributed by atoms with Crippen LogP contribution in [0.4, 0.5) is 11.4 Å². The van der Waals surface area contributed by atoms with Crippen molar-refractivity contribution in [1.29, 1.82) is 0 Å². The molecule has 0 spiro atoms. The van der Waals surface area contributed by atoms with E-state index in [1.807, 2.05) is 0 Å². The van der Waals surface area contributed by atoms with Gasteiger partial charge in [0.2, 0.25) is 0 Å². The summed E-state index contributed by atoms with van der Waals surface area (Å²) in [5.74, 6) is 0. The first kappa shape index (κ1) is 12.4. The van der Waals surface area contributed by atoms with Crippen LogP contribution in [-0.2, 0) is 0 Å². The molecule has 96 valence electrons. The molecule has 1 aromatic heterocycles. The van der Waals surface area contributed by atoms with Gasteiger partial charge in [-0.2, -0.15) is 0 Å². The van der Waals surface area contributed by atoms with Crippen molar-refractivity contribution in [2.45, 2.75) is 0 Å². The van der Waals surface area contributed by atoms with Gasteiger partial charge in [-0.05, 0) is 18.2 Å². The summed E-state index contributed by atoms with van der Waals surface area (Å²) >= 11 is 0. The minimum atomic E-state index is -0.790. The van der Waals surface area contributed by atoms with Crippen LogP contribution >= 0.6 is 0 Å². The zero-order chi connectivity index (χ0) is 14.0. The monoisotopic (exact) mass is 261 g/mol. The van der Waals surface area contributed by atoms with E-state index >= 15 is 0 Å². The summed E-state index contributed by atoms with van der Waals surface area (Å²) in [7, 11) is 0. The largest absolute Gasteiger partial charge is 0.334 e. The number of nitro benzene ring substituents is 1. The second-order valence-electron chi connectivity index (χ2n) is 3.60. The molecule has 0 atom stereocenters. The predicted octanol–water partition coefficient (Wildman–Crippen LogP) is 1.65. The normalized spacial score (nSPS) is 10.1. The van der Waals surface area contributed by atoms with Gasteiger partial charge in [-0.15, -0.1) is 0 Å². The van der Waals surface area contributed by atoms with Crippen LogP contribution in [0, 0.1) is 20.2 Å². The van der Waals surface area contributed by atoms with Crippen LogP contribution in [0.15, 0.2) is 47.4 Å². The number of benzene rings is 1. The Morgan fingerprint density at radius 1 is 0.947 bits per heavy atom. The SMILES string of the molecule is O=c1c([N+](=O)[O-])cccn1-c1ccc([N+](=O)[O-])cc1. The van der Waals surface area contributed by atoms with E-state index in [0.29, 0.717) is 5.69 Å². The second kappa shape index (κ2) is 4.69. The van der Waals surface area contributed by atoms with E-state index in [2.05, 4.69) is 0 Å². The second-order valence-corrected chi connectivity index (χ2v) is 3.60. The highest BCUT2D eigenvalue weighted by atomic mass is 16.6. The first-order chi connectivity index (χ1) is 9.00. The van der Waals surface area contributed by atoms with Crippen molar-refractivity contribution in [1.82, 2.24) is 4.57 Å². The zero-order valence-corrected chi connectivity index (χ0v) is 9.42. The van der Waals surface area contributed by atoms with Crippen molar-refractivity contribution in [3.63, 3.8) is 0 Å². The van der Waals surface area contributed by atoms with Crippen molar-refractivity contribution in [3.8, 4) is 5.69 Å². The topological polar surface area (TPSA) is 108 Å². The lowest BCUT2D eigenvalue weighted by molar-refractivity contribution is -0.386. The molecule has 0 radical (unpaired) electrons. The van der Waals surface area contributed by atoms with Crippen molar-refractivity contribution in [2.75, 3.05) is 0 Å². The molecular weight excluding hydrogens is 254 g/mol. The number of aromatic nitrogens is 1. The Labute approximate surface area is 105 Å². The van der Waals surface area contributed by atoms with Gasteiger partial charge in [0, 0.05) is 30.1 Å². The highest BCUT2D eigenvalue weighted by Gasteiger charge is 2.14. The van der Waals surface area contributed by atoms with E-state index in [1.165, 1.54) is 36.5 Å². The average Bonchev–Trinajstić information content (AvgIpc) is 2.38. The van der Waals surface area contributed by atoms with Crippen LogP contribution < -0.4 is 5.56 Å². The summed E-state index contributed by atoms with van der Waals surface area (Å²) < 4.78 is 1.06. The van der Waals surface area contributed by atoms with E-state index in [4.69, 9.17) is 0 Å². The Morgan fingerprint density at radius 2 is 1.58 bits per heavy atom. The Balaban J connectivity index is 2.53. The van der Waals surface area contributed by atoms with Crippen molar-refractivity contribution >= 4 is 11.4 Å². The Bertz CT molecular complexity index is 705. The molecule has 0 aliphatic rings. The van der Waals surface area contributed by atoms with E-state index in [0.717, 1.165) is 10.6 Å². The molecule has 0 amide bonds. The molecule has 2 rings (SSSR count). The number of nitro groups is 2. The highest BCUT2D eigenvalue weighted by molar-refractivity contribution is 5.42. The third kappa shape index (κ3) is 2.32. The summed E-state index contributed by atoms with van der Waals surface area (Å²) in [6.07, 6.45) is 1.36. The van der Waals surface area contributed by atoms with E-state index in [-0.39, 0.29) is 5.69 Å². The number of rotatable bonds is 3. The molecule has 0 saturated carbocycles. The first-order valence-corrected chi connectivity index (χ1v) is 5.11. The smallest absolute Gasteiger partial charge is 0.278 e. The van der Waals surface area contributed by atoms with Gasteiger partial charge in [0.05, 0.1) is 9.85 Å². The molecule has 1 heterocycles. The van der Waals surface area contributed by atoms with Gasteiger partial charge in [-0.3, -0.25) is 29.6 Å². The molecule has 0 bridgehead atoms. The van der Waals surface area contributed by atoms with Gasteiger partial charge < -0.3 is 0 Å². The van der Waals surface area contributed by atoms with Crippen LogP contribution in [-0.4, -0.2) is 14.4 Å². The number of non-ortho nitro benzene ring substituents is 1. The van der Waals surface area contributed by atoms with Crippen molar-refractivity contribution in [3.05, 3.63) is 73.2 Å². The zero-order valence-electron chi connectivity index (χ0n) is 9.42. The van der Waals surface area contributed by atoms with Crippen LogP contribution in [0.1, 0.15) is 0 Å². The number of hydrogen-bond acceptors (Lipinski definition) is 5. The summed E-state index contributed by atoms with van der Waals surface area (Å²) in [5.41, 5.74) is -1.15. The van der Waals surface area contributed by atoms with Crippen LogP contribution in [0.3, 0.4) is 0 Å². The van der Waals surface area contributed by atoms with E-state index in [1.54, 1.807) is 0 Å². The minimum absolute atomic E-state index is 0.123. The minimum Gasteiger partial charge on any atom is -0.278 e. The fourth-order valence-corrected chi connectivity index (χ4v) is 1.56. The molecule has 8 nitrogen and oxygen atoms in total. The maximum Gasteiger partial charge on any atom is 0.334 e. The van der Waals surface area contributed by atoms with Crippen LogP contribution in [0.25, 0.3) is 5.69 Å². The molecule has 0 aliphatic carbocycles. The average molecular weight is 261 g/mol. The van der Waals surface area contributed by atoms with Gasteiger partial charge in [0.15, 0.2) is 0 Å². The van der Waals surface area contributed by atoms with Gasteiger partial charge >= 0.3 is 11.2 Å². The predicted molar refractivity (Wildman–Crippen MR) is 65.3 cm³/mol. The fraction of sp³-hybridized carbons (Fsp3) is 0. The van der Waals surface area contributed by atoms with Crippen LogP contribution in [0.2, 0.25) is 0 Å². The maximum atomic E-state index is 11.8. The summed E-state index contributed by atoms with van der Waals surface area (Å²) in [6.45, 7) is 0. The lowest BCUT2D eigenvalue weighted by atomic mass is 10.2.